The zero-order valence-electron chi connectivity index (χ0n) is 18.3. The van der Waals surface area contributed by atoms with E-state index in [9.17, 15) is 10.1 Å². The monoisotopic (exact) mass is 540 g/mol. The van der Waals surface area contributed by atoms with Gasteiger partial charge in [-0.2, -0.15) is 0 Å². The van der Waals surface area contributed by atoms with Crippen LogP contribution in [0.4, 0.5) is 11.4 Å². The van der Waals surface area contributed by atoms with Gasteiger partial charge in [-0.05, 0) is 69.2 Å². The third-order valence-corrected chi connectivity index (χ3v) is 7.32. The van der Waals surface area contributed by atoms with Gasteiger partial charge in [0.05, 0.1) is 22.5 Å². The molecule has 0 fully saturated rings. The van der Waals surface area contributed by atoms with Crippen LogP contribution in [0.1, 0.15) is 35.1 Å². The maximum atomic E-state index is 11.7. The van der Waals surface area contributed by atoms with Crippen LogP contribution in [0.25, 0.3) is 0 Å². The minimum atomic E-state index is -0.327. The molecular weight excluding hydrogens is 520 g/mol. The van der Waals surface area contributed by atoms with Crippen LogP contribution in [0, 0.1) is 16.0 Å². The first kappa shape index (κ1) is 22.7. The highest BCUT2D eigenvalue weighted by Crippen LogP contribution is 2.53. The topological polar surface area (TPSA) is 73.6 Å². The van der Waals surface area contributed by atoms with Crippen molar-refractivity contribution in [3.63, 3.8) is 0 Å². The number of benzene rings is 3. The Bertz CT molecular complexity index is 1280. The van der Waals surface area contributed by atoms with Crippen LogP contribution in [0.5, 0.6) is 11.5 Å². The van der Waals surface area contributed by atoms with Gasteiger partial charge >= 0.3 is 0 Å². The second kappa shape index (κ2) is 9.31. The number of nitro groups is 1. The molecule has 1 N–H and O–H groups in total. The number of allylic oxidation sites excluding steroid dienone is 2. The number of para-hydroxylation sites is 1. The lowest BCUT2D eigenvalue weighted by molar-refractivity contribution is -0.384. The summed E-state index contributed by atoms with van der Waals surface area (Å²) in [7, 11) is 1.61. The number of nitrogens with one attached hydrogen (secondary N) is 1. The van der Waals surface area contributed by atoms with Gasteiger partial charge in [0.15, 0.2) is 11.5 Å². The summed E-state index contributed by atoms with van der Waals surface area (Å²) >= 11 is 9.63. The van der Waals surface area contributed by atoms with Crippen LogP contribution < -0.4 is 14.8 Å². The van der Waals surface area contributed by atoms with Crippen molar-refractivity contribution in [1.29, 1.82) is 0 Å². The summed E-state index contributed by atoms with van der Waals surface area (Å²) in [6, 6.07) is 16.6. The normalized spacial score (nSPS) is 20.3. The van der Waals surface area contributed by atoms with Crippen LogP contribution >= 0.6 is 27.5 Å². The lowest BCUT2D eigenvalue weighted by atomic mass is 9.76. The minimum absolute atomic E-state index is 0.0928. The Hall–Kier alpha value is -3.03. The summed E-state index contributed by atoms with van der Waals surface area (Å²) in [5, 5.41) is 15.9. The quantitative estimate of drug-likeness (QED) is 0.200. The van der Waals surface area contributed by atoms with Gasteiger partial charge in [-0.1, -0.05) is 48.0 Å². The average Bonchev–Trinajstić information content (AvgIpc) is 3.33. The van der Waals surface area contributed by atoms with Crippen LogP contribution in [0.15, 0.2) is 71.2 Å². The number of hydrogen-bond donors (Lipinski definition) is 1. The van der Waals surface area contributed by atoms with Gasteiger partial charge in [-0.25, -0.2) is 0 Å². The number of nitro benzene ring substituents is 1. The number of anilines is 1. The third-order valence-electron chi connectivity index (χ3n) is 6.48. The Morgan fingerprint density at radius 2 is 2.00 bits per heavy atom. The van der Waals surface area contributed by atoms with E-state index in [1.54, 1.807) is 19.2 Å². The summed E-state index contributed by atoms with van der Waals surface area (Å²) in [5.74, 6) is 1.55. The summed E-state index contributed by atoms with van der Waals surface area (Å²) in [6.07, 6.45) is 5.21. The Balaban J connectivity index is 1.48. The molecule has 0 aromatic heterocycles. The van der Waals surface area contributed by atoms with E-state index in [-0.39, 0.29) is 28.5 Å². The van der Waals surface area contributed by atoms with E-state index in [0.29, 0.717) is 28.8 Å². The molecule has 3 aromatic carbocycles. The lowest BCUT2D eigenvalue weighted by Gasteiger charge is -2.37. The number of rotatable bonds is 6. The van der Waals surface area contributed by atoms with E-state index in [0.717, 1.165) is 27.6 Å². The van der Waals surface area contributed by atoms with Gasteiger partial charge < -0.3 is 14.8 Å². The molecular formula is C26H22BrClN2O4. The highest BCUT2D eigenvalue weighted by Gasteiger charge is 2.40. The van der Waals surface area contributed by atoms with E-state index < -0.39 is 0 Å². The second-order valence-corrected chi connectivity index (χ2v) is 9.71. The predicted molar refractivity (Wildman–Crippen MR) is 136 cm³/mol. The fourth-order valence-corrected chi connectivity index (χ4v) is 5.58. The van der Waals surface area contributed by atoms with E-state index in [1.807, 2.05) is 42.5 Å². The number of nitrogens with zero attached hydrogens (tertiary/aromatic N) is 1. The first-order valence-electron chi connectivity index (χ1n) is 10.9. The van der Waals surface area contributed by atoms with Crippen molar-refractivity contribution >= 4 is 38.9 Å². The molecule has 0 unspecified atom stereocenters. The first-order valence-corrected chi connectivity index (χ1v) is 12.1. The van der Waals surface area contributed by atoms with Gasteiger partial charge in [0.25, 0.3) is 5.69 Å². The number of fused-ring (bicyclic) bond motifs is 3. The summed E-state index contributed by atoms with van der Waals surface area (Å²) in [5.41, 5.74) is 3.61. The lowest BCUT2D eigenvalue weighted by Crippen LogP contribution is -2.29. The minimum Gasteiger partial charge on any atom is -0.493 e. The van der Waals surface area contributed by atoms with Crippen molar-refractivity contribution < 1.29 is 14.4 Å². The highest BCUT2D eigenvalue weighted by molar-refractivity contribution is 9.10. The average molecular weight is 542 g/mol. The van der Waals surface area contributed by atoms with Crippen LogP contribution in [-0.2, 0) is 6.61 Å². The number of hydrogen-bond acceptors (Lipinski definition) is 5. The fraction of sp³-hybridized carbons (Fsp3) is 0.231. The van der Waals surface area contributed by atoms with Gasteiger partial charge in [-0.3, -0.25) is 10.1 Å². The molecule has 0 saturated carbocycles. The SMILES string of the molecule is COc1cc([C@@H]2Nc3c(cccc3[N+](=O)[O-])[C@@H]3C=CC[C@@H]32)cc(Br)c1OCc1ccc(Cl)cc1. The Morgan fingerprint density at radius 3 is 2.74 bits per heavy atom. The standard InChI is InChI=1S/C26H22BrClN2O4/c1-33-23-13-16(12-21(27)26(23)34-14-15-8-10-17(28)11-9-15)24-19-5-2-4-18(19)20-6-3-7-22(30(31)32)25(20)29-24/h2-4,6-13,18-19,24,29H,5,14H2,1H3/t18-,19+,24+/m1/s1. The summed E-state index contributed by atoms with van der Waals surface area (Å²) < 4.78 is 12.5. The van der Waals surface area contributed by atoms with E-state index in [1.165, 1.54) is 0 Å². The van der Waals surface area contributed by atoms with Crippen molar-refractivity contribution in [3.05, 3.63) is 103 Å². The summed E-state index contributed by atoms with van der Waals surface area (Å²) in [4.78, 5) is 11.4. The smallest absolute Gasteiger partial charge is 0.292 e. The number of halogens is 2. The molecule has 2 aliphatic rings. The van der Waals surface area contributed by atoms with Crippen molar-refractivity contribution in [2.45, 2.75) is 25.0 Å². The first-order chi connectivity index (χ1) is 16.5. The van der Waals surface area contributed by atoms with E-state index >= 15 is 0 Å². The molecule has 3 atom stereocenters. The fourth-order valence-electron chi connectivity index (χ4n) is 4.88. The predicted octanol–water partition coefficient (Wildman–Crippen LogP) is 7.42. The molecule has 174 valence electrons. The van der Waals surface area contributed by atoms with Crippen LogP contribution in [-0.4, -0.2) is 12.0 Å². The Morgan fingerprint density at radius 1 is 1.21 bits per heavy atom. The van der Waals surface area contributed by atoms with E-state index in [4.69, 9.17) is 21.1 Å². The molecule has 0 amide bonds. The Labute approximate surface area is 210 Å². The van der Waals surface area contributed by atoms with Gasteiger partial charge in [0.2, 0.25) is 0 Å². The van der Waals surface area contributed by atoms with Gasteiger partial charge in [0.1, 0.15) is 12.3 Å². The van der Waals surface area contributed by atoms with Crippen LogP contribution in [0.3, 0.4) is 0 Å². The molecule has 1 heterocycles. The van der Waals surface area contributed by atoms with Crippen molar-refractivity contribution in [2.24, 2.45) is 5.92 Å². The molecule has 1 aliphatic carbocycles. The maximum absolute atomic E-state index is 11.7. The van der Waals surface area contributed by atoms with Crippen molar-refractivity contribution in [3.8, 4) is 11.5 Å². The number of methoxy groups -OCH3 is 1. The summed E-state index contributed by atoms with van der Waals surface area (Å²) in [6.45, 7) is 0.362. The largest absolute Gasteiger partial charge is 0.493 e. The molecule has 0 bridgehead atoms. The molecule has 1 aliphatic heterocycles. The third kappa shape index (κ3) is 4.14. The van der Waals surface area contributed by atoms with Crippen molar-refractivity contribution in [1.82, 2.24) is 0 Å². The molecule has 6 nitrogen and oxygen atoms in total. The highest BCUT2D eigenvalue weighted by atomic mass is 79.9. The number of ether oxygens (including phenoxy) is 2. The van der Waals surface area contributed by atoms with Crippen molar-refractivity contribution in [2.75, 3.05) is 12.4 Å². The molecule has 0 spiro atoms. The molecule has 34 heavy (non-hydrogen) atoms. The Kier molecular flexibility index (Phi) is 6.23. The molecule has 3 aromatic rings. The molecule has 8 heteroatoms. The van der Waals surface area contributed by atoms with Gasteiger partial charge in [-0.15, -0.1) is 0 Å². The molecule has 5 rings (SSSR count). The second-order valence-electron chi connectivity index (χ2n) is 8.42. The van der Waals surface area contributed by atoms with Gasteiger partial charge in [0, 0.05) is 17.0 Å². The van der Waals surface area contributed by atoms with Crippen LogP contribution in [0.2, 0.25) is 5.02 Å². The molecule has 0 saturated heterocycles. The van der Waals surface area contributed by atoms with E-state index in [2.05, 4.69) is 33.4 Å². The molecule has 0 radical (unpaired) electrons. The zero-order chi connectivity index (χ0) is 23.8. The zero-order valence-corrected chi connectivity index (χ0v) is 20.7. The maximum Gasteiger partial charge on any atom is 0.292 e.